The monoisotopic (exact) mass is 383 g/mol. The molecule has 1 aliphatic rings. The van der Waals surface area contributed by atoms with Crippen LogP contribution >= 0.6 is 0 Å². The van der Waals surface area contributed by atoms with Gasteiger partial charge in [0.1, 0.15) is 5.82 Å². The number of carbonyl (C=O) groups excluding carboxylic acids is 1. The van der Waals surface area contributed by atoms with Crippen molar-refractivity contribution in [3.05, 3.63) is 48.4 Å². The van der Waals surface area contributed by atoms with Gasteiger partial charge in [-0.1, -0.05) is 19.0 Å². The number of carbonyl (C=O) groups is 1. The van der Waals surface area contributed by atoms with Crippen LogP contribution in [0.15, 0.2) is 45.8 Å². The van der Waals surface area contributed by atoms with Crippen molar-refractivity contribution in [2.24, 2.45) is 0 Å². The fourth-order valence-corrected chi connectivity index (χ4v) is 3.51. The lowest BCUT2D eigenvalue weighted by Gasteiger charge is -2.34. The molecular formula is C20H25N5O3. The lowest BCUT2D eigenvalue weighted by molar-refractivity contribution is 0.0623. The molecule has 0 unspecified atom stereocenters. The van der Waals surface area contributed by atoms with Crippen LogP contribution in [-0.4, -0.2) is 63.1 Å². The van der Waals surface area contributed by atoms with Crippen LogP contribution in [0.25, 0.3) is 11.5 Å². The van der Waals surface area contributed by atoms with Gasteiger partial charge in [0.2, 0.25) is 5.76 Å². The van der Waals surface area contributed by atoms with E-state index in [-0.39, 0.29) is 5.91 Å². The summed E-state index contributed by atoms with van der Waals surface area (Å²) in [5, 5.41) is 3.91. The molecule has 148 valence electrons. The Morgan fingerprint density at radius 1 is 1.18 bits per heavy atom. The number of rotatable bonds is 6. The predicted molar refractivity (Wildman–Crippen MR) is 103 cm³/mol. The second-order valence-electron chi connectivity index (χ2n) is 7.32. The van der Waals surface area contributed by atoms with Crippen molar-refractivity contribution >= 4 is 5.91 Å². The maximum Gasteiger partial charge on any atom is 0.276 e. The van der Waals surface area contributed by atoms with Crippen molar-refractivity contribution in [2.45, 2.75) is 26.3 Å². The molecule has 28 heavy (non-hydrogen) atoms. The lowest BCUT2D eigenvalue weighted by atomic mass is 10.2. The molecule has 0 spiro atoms. The molecule has 1 amide bonds. The van der Waals surface area contributed by atoms with Gasteiger partial charge in [0.15, 0.2) is 11.5 Å². The molecule has 1 fully saturated rings. The van der Waals surface area contributed by atoms with E-state index in [2.05, 4.69) is 33.5 Å². The van der Waals surface area contributed by atoms with Crippen molar-refractivity contribution in [1.29, 1.82) is 0 Å². The molecule has 0 saturated carbocycles. The van der Waals surface area contributed by atoms with Gasteiger partial charge in [0.25, 0.3) is 5.91 Å². The lowest BCUT2D eigenvalue weighted by Crippen LogP contribution is -2.49. The molecule has 4 rings (SSSR count). The van der Waals surface area contributed by atoms with Gasteiger partial charge in [-0.2, -0.15) is 0 Å². The zero-order valence-electron chi connectivity index (χ0n) is 16.2. The van der Waals surface area contributed by atoms with Crippen LogP contribution in [0.1, 0.15) is 36.1 Å². The molecule has 8 heteroatoms. The Morgan fingerprint density at radius 2 is 2.00 bits per heavy atom. The molecule has 0 aliphatic carbocycles. The largest absolute Gasteiger partial charge is 0.461 e. The first-order valence-corrected chi connectivity index (χ1v) is 9.65. The maximum absolute atomic E-state index is 12.7. The van der Waals surface area contributed by atoms with Crippen LogP contribution in [0.2, 0.25) is 0 Å². The highest BCUT2D eigenvalue weighted by Gasteiger charge is 2.25. The van der Waals surface area contributed by atoms with E-state index >= 15 is 0 Å². The van der Waals surface area contributed by atoms with E-state index < -0.39 is 0 Å². The minimum Gasteiger partial charge on any atom is -0.461 e. The molecule has 3 aromatic rings. The Balaban J connectivity index is 1.29. The van der Waals surface area contributed by atoms with E-state index in [0.29, 0.717) is 36.2 Å². The van der Waals surface area contributed by atoms with Gasteiger partial charge in [-0.25, -0.2) is 4.98 Å². The number of amides is 1. The van der Waals surface area contributed by atoms with Gasteiger partial charge in [-0.05, 0) is 12.1 Å². The second kappa shape index (κ2) is 8.02. The van der Waals surface area contributed by atoms with Crippen molar-refractivity contribution in [3.63, 3.8) is 0 Å². The van der Waals surface area contributed by atoms with Crippen LogP contribution in [0.3, 0.4) is 0 Å². The first kappa shape index (κ1) is 18.5. The van der Waals surface area contributed by atoms with E-state index in [9.17, 15) is 4.79 Å². The fourth-order valence-electron chi connectivity index (χ4n) is 3.51. The van der Waals surface area contributed by atoms with Crippen LogP contribution in [0.4, 0.5) is 0 Å². The molecule has 3 aromatic heterocycles. The number of nitrogens with zero attached hydrogens (tertiary/aromatic N) is 5. The second-order valence-corrected chi connectivity index (χ2v) is 7.32. The molecule has 1 saturated heterocycles. The molecule has 0 aromatic carbocycles. The molecular weight excluding hydrogens is 358 g/mol. The third kappa shape index (κ3) is 3.87. The Morgan fingerprint density at radius 3 is 2.71 bits per heavy atom. The summed E-state index contributed by atoms with van der Waals surface area (Å²) < 4.78 is 12.7. The summed E-state index contributed by atoms with van der Waals surface area (Å²) in [4.78, 5) is 21.3. The summed E-state index contributed by atoms with van der Waals surface area (Å²) in [6.45, 7) is 9.24. The number of aromatic nitrogens is 3. The molecule has 8 nitrogen and oxygen atoms in total. The summed E-state index contributed by atoms with van der Waals surface area (Å²) in [6.07, 6.45) is 5.46. The highest BCUT2D eigenvalue weighted by atomic mass is 16.5. The number of imidazole rings is 1. The van der Waals surface area contributed by atoms with E-state index in [4.69, 9.17) is 8.94 Å². The van der Waals surface area contributed by atoms with Crippen LogP contribution < -0.4 is 0 Å². The van der Waals surface area contributed by atoms with Crippen LogP contribution in [0, 0.1) is 0 Å². The quantitative estimate of drug-likeness (QED) is 0.651. The van der Waals surface area contributed by atoms with E-state index in [0.717, 1.165) is 32.0 Å². The molecule has 0 N–H and O–H groups in total. The third-order valence-electron chi connectivity index (χ3n) is 5.07. The van der Waals surface area contributed by atoms with Gasteiger partial charge in [0, 0.05) is 63.6 Å². The van der Waals surface area contributed by atoms with Crippen molar-refractivity contribution < 1.29 is 13.7 Å². The number of furan rings is 1. The smallest absolute Gasteiger partial charge is 0.276 e. The standard InChI is InChI=1S/C20H25N5O3/c1-15(2)19-21-5-6-24(19)10-7-23-8-11-25(12-9-23)20(26)16-14-18(28-22-16)17-4-3-13-27-17/h3-6,13-15H,7-12H2,1-2H3. The van der Waals surface area contributed by atoms with E-state index in [1.54, 1.807) is 24.5 Å². The molecule has 1 aliphatic heterocycles. The topological polar surface area (TPSA) is 80.5 Å². The van der Waals surface area contributed by atoms with Gasteiger partial charge < -0.3 is 18.4 Å². The Kier molecular flexibility index (Phi) is 5.29. The normalized spacial score (nSPS) is 15.5. The minimum atomic E-state index is -0.0992. The molecule has 4 heterocycles. The summed E-state index contributed by atoms with van der Waals surface area (Å²) in [6, 6.07) is 5.19. The Labute approximate surface area is 163 Å². The number of piperazine rings is 1. The fraction of sp³-hybridized carbons (Fsp3) is 0.450. The first-order valence-electron chi connectivity index (χ1n) is 9.65. The summed E-state index contributed by atoms with van der Waals surface area (Å²) in [7, 11) is 0. The van der Waals surface area contributed by atoms with Crippen molar-refractivity contribution in [1.82, 2.24) is 24.5 Å². The van der Waals surface area contributed by atoms with Gasteiger partial charge in [-0.3, -0.25) is 9.69 Å². The average molecular weight is 383 g/mol. The Bertz CT molecular complexity index is 904. The SMILES string of the molecule is CC(C)c1nccn1CCN1CCN(C(=O)c2cc(-c3ccco3)on2)CC1. The minimum absolute atomic E-state index is 0.0992. The highest BCUT2D eigenvalue weighted by molar-refractivity contribution is 5.93. The van der Waals surface area contributed by atoms with Crippen LogP contribution in [-0.2, 0) is 6.54 Å². The van der Waals surface area contributed by atoms with Crippen LogP contribution in [0.5, 0.6) is 0 Å². The third-order valence-corrected chi connectivity index (χ3v) is 5.07. The molecule has 0 radical (unpaired) electrons. The number of hydrogen-bond acceptors (Lipinski definition) is 6. The summed E-state index contributed by atoms with van der Waals surface area (Å²) >= 11 is 0. The van der Waals surface area contributed by atoms with Crippen molar-refractivity contribution in [2.75, 3.05) is 32.7 Å². The zero-order valence-corrected chi connectivity index (χ0v) is 16.2. The number of hydrogen-bond donors (Lipinski definition) is 0. The van der Waals surface area contributed by atoms with Gasteiger partial charge in [-0.15, -0.1) is 0 Å². The average Bonchev–Trinajstić information content (AvgIpc) is 3.47. The van der Waals surface area contributed by atoms with Gasteiger partial charge >= 0.3 is 0 Å². The highest BCUT2D eigenvalue weighted by Crippen LogP contribution is 2.21. The zero-order chi connectivity index (χ0) is 19.5. The predicted octanol–water partition coefficient (Wildman–Crippen LogP) is 2.71. The van der Waals surface area contributed by atoms with E-state index in [1.807, 2.05) is 17.3 Å². The van der Waals surface area contributed by atoms with E-state index in [1.165, 1.54) is 0 Å². The summed E-state index contributed by atoms with van der Waals surface area (Å²) in [5.41, 5.74) is 0.319. The van der Waals surface area contributed by atoms with Gasteiger partial charge in [0.05, 0.1) is 6.26 Å². The summed E-state index contributed by atoms with van der Waals surface area (Å²) in [5.74, 6) is 2.47. The molecule has 0 bridgehead atoms. The molecule has 0 atom stereocenters. The first-order chi connectivity index (χ1) is 13.6. The van der Waals surface area contributed by atoms with Crippen molar-refractivity contribution in [3.8, 4) is 11.5 Å². The Hall–Kier alpha value is -2.87. The maximum atomic E-state index is 12.7.